The molecule has 2 aliphatic rings. The standard InChI is InChI=1S/C15H20N4O3/c1-15(2)10(8-5-6-22-11(8)15)17-12-9(7-16)13(20)19(4)14(21)18(12)3/h8,10-11,17H,5-6H2,1-4H3/t8-,10-,11-/m1/s1. The molecule has 1 N–H and O–H groups in total. The summed E-state index contributed by atoms with van der Waals surface area (Å²) in [5.41, 5.74) is -1.14. The van der Waals surface area contributed by atoms with E-state index in [9.17, 15) is 14.9 Å². The molecular weight excluding hydrogens is 284 g/mol. The van der Waals surface area contributed by atoms with Crippen LogP contribution in [0.2, 0.25) is 0 Å². The molecule has 0 amide bonds. The van der Waals surface area contributed by atoms with E-state index in [1.807, 2.05) is 6.07 Å². The van der Waals surface area contributed by atoms with Gasteiger partial charge in [-0.15, -0.1) is 0 Å². The van der Waals surface area contributed by atoms with Gasteiger partial charge in [0.1, 0.15) is 11.9 Å². The second-order valence-electron chi connectivity index (χ2n) is 6.73. The van der Waals surface area contributed by atoms with Crippen LogP contribution in [-0.4, -0.2) is 27.9 Å². The number of aromatic nitrogens is 2. The van der Waals surface area contributed by atoms with Crippen LogP contribution in [0.1, 0.15) is 25.8 Å². The fourth-order valence-electron chi connectivity index (χ4n) is 3.88. The van der Waals surface area contributed by atoms with Gasteiger partial charge < -0.3 is 10.1 Å². The van der Waals surface area contributed by atoms with Crippen molar-refractivity contribution < 1.29 is 4.74 Å². The van der Waals surface area contributed by atoms with Gasteiger partial charge in [0.05, 0.1) is 6.10 Å². The van der Waals surface area contributed by atoms with Crippen molar-refractivity contribution in [1.82, 2.24) is 9.13 Å². The topological polar surface area (TPSA) is 89.1 Å². The summed E-state index contributed by atoms with van der Waals surface area (Å²) in [5.74, 6) is 0.653. The van der Waals surface area contributed by atoms with Gasteiger partial charge in [-0.3, -0.25) is 13.9 Å². The van der Waals surface area contributed by atoms with Crippen LogP contribution >= 0.6 is 0 Å². The zero-order valence-corrected chi connectivity index (χ0v) is 13.2. The number of fused-ring (bicyclic) bond motifs is 1. The Labute approximate surface area is 128 Å². The van der Waals surface area contributed by atoms with E-state index in [0.717, 1.165) is 17.6 Å². The number of hydrogen-bond acceptors (Lipinski definition) is 5. The Bertz CT molecular complexity index is 784. The minimum atomic E-state index is -0.565. The molecule has 0 spiro atoms. The lowest BCUT2D eigenvalue weighted by Gasteiger charge is -2.55. The van der Waals surface area contributed by atoms with E-state index < -0.39 is 11.2 Å². The van der Waals surface area contributed by atoms with Crippen molar-refractivity contribution in [2.75, 3.05) is 11.9 Å². The first kappa shape index (κ1) is 14.9. The van der Waals surface area contributed by atoms with E-state index in [1.165, 1.54) is 11.6 Å². The first-order valence-corrected chi connectivity index (χ1v) is 7.39. The van der Waals surface area contributed by atoms with Crippen molar-refractivity contribution in [2.24, 2.45) is 25.4 Å². The van der Waals surface area contributed by atoms with Gasteiger partial charge in [0, 0.05) is 38.1 Å². The lowest BCUT2D eigenvalue weighted by Crippen LogP contribution is -2.63. The van der Waals surface area contributed by atoms with Gasteiger partial charge in [-0.2, -0.15) is 5.26 Å². The smallest absolute Gasteiger partial charge is 0.332 e. The third-order valence-electron chi connectivity index (χ3n) is 5.17. The molecule has 7 nitrogen and oxygen atoms in total. The first-order valence-electron chi connectivity index (χ1n) is 7.39. The van der Waals surface area contributed by atoms with Gasteiger partial charge in [-0.25, -0.2) is 4.79 Å². The molecule has 0 bridgehead atoms. The number of anilines is 1. The Morgan fingerprint density at radius 2 is 2.00 bits per heavy atom. The molecule has 0 aromatic carbocycles. The van der Waals surface area contributed by atoms with Crippen molar-refractivity contribution in [3.05, 3.63) is 26.4 Å². The maximum Gasteiger partial charge on any atom is 0.332 e. The molecule has 1 aromatic rings. The van der Waals surface area contributed by atoms with Crippen molar-refractivity contribution in [3.63, 3.8) is 0 Å². The number of ether oxygens (including phenoxy) is 1. The summed E-state index contributed by atoms with van der Waals surface area (Å²) in [4.78, 5) is 24.2. The zero-order valence-electron chi connectivity index (χ0n) is 13.2. The highest BCUT2D eigenvalue weighted by Gasteiger charge is 2.59. The number of nitrogens with one attached hydrogen (secondary N) is 1. The molecule has 1 aromatic heterocycles. The molecule has 3 rings (SSSR count). The van der Waals surface area contributed by atoms with Crippen molar-refractivity contribution in [1.29, 1.82) is 5.26 Å². The summed E-state index contributed by atoms with van der Waals surface area (Å²) in [6.45, 7) is 4.93. The molecule has 1 saturated carbocycles. The van der Waals surface area contributed by atoms with Gasteiger partial charge in [0.2, 0.25) is 0 Å². The second-order valence-corrected chi connectivity index (χ2v) is 6.73. The Kier molecular flexibility index (Phi) is 3.18. The molecule has 1 aliphatic heterocycles. The third kappa shape index (κ3) is 1.77. The van der Waals surface area contributed by atoms with Crippen LogP contribution in [0.25, 0.3) is 0 Å². The summed E-state index contributed by atoms with van der Waals surface area (Å²) >= 11 is 0. The van der Waals surface area contributed by atoms with Crippen LogP contribution in [-0.2, 0) is 18.8 Å². The summed E-state index contributed by atoms with van der Waals surface area (Å²) in [6.07, 6.45) is 1.14. The highest BCUT2D eigenvalue weighted by Crippen LogP contribution is 2.53. The average Bonchev–Trinajstić information content (AvgIpc) is 2.94. The van der Waals surface area contributed by atoms with Crippen LogP contribution in [0.4, 0.5) is 5.82 Å². The number of nitriles is 1. The van der Waals surface area contributed by atoms with E-state index in [0.29, 0.717) is 11.7 Å². The first-order chi connectivity index (χ1) is 10.3. The zero-order chi connectivity index (χ0) is 16.2. The third-order valence-corrected chi connectivity index (χ3v) is 5.17. The van der Waals surface area contributed by atoms with Gasteiger partial charge in [-0.05, 0) is 6.42 Å². The molecule has 0 radical (unpaired) electrons. The molecule has 22 heavy (non-hydrogen) atoms. The maximum atomic E-state index is 12.1. The quantitative estimate of drug-likeness (QED) is 0.842. The summed E-state index contributed by atoms with van der Waals surface area (Å²) in [6, 6.07) is 2.00. The Balaban J connectivity index is 2.06. The summed E-state index contributed by atoms with van der Waals surface area (Å²) < 4.78 is 8.04. The fraction of sp³-hybridized carbons (Fsp3) is 0.667. The molecular formula is C15H20N4O3. The lowest BCUT2D eigenvalue weighted by molar-refractivity contribution is -0.0925. The van der Waals surface area contributed by atoms with E-state index in [1.54, 1.807) is 7.05 Å². The fourth-order valence-corrected chi connectivity index (χ4v) is 3.88. The van der Waals surface area contributed by atoms with Crippen LogP contribution in [0.3, 0.4) is 0 Å². The van der Waals surface area contributed by atoms with Gasteiger partial charge in [0.15, 0.2) is 5.56 Å². The Morgan fingerprint density at radius 3 is 2.64 bits per heavy atom. The number of rotatable bonds is 2. The minimum Gasteiger partial charge on any atom is -0.377 e. The molecule has 118 valence electrons. The van der Waals surface area contributed by atoms with E-state index in [-0.39, 0.29) is 23.1 Å². The largest absolute Gasteiger partial charge is 0.377 e. The normalized spacial score (nSPS) is 28.6. The van der Waals surface area contributed by atoms with Crippen molar-refractivity contribution in [2.45, 2.75) is 32.4 Å². The van der Waals surface area contributed by atoms with Crippen molar-refractivity contribution >= 4 is 5.82 Å². The molecule has 7 heteroatoms. The average molecular weight is 304 g/mol. The Morgan fingerprint density at radius 1 is 1.32 bits per heavy atom. The SMILES string of the molecule is Cn1c(N[C@@H]2[C@H]3CCO[C@H]3C2(C)C)c(C#N)c(=O)n(C)c1=O. The molecule has 2 heterocycles. The second kappa shape index (κ2) is 4.71. The number of hydrogen-bond donors (Lipinski definition) is 1. The maximum absolute atomic E-state index is 12.1. The van der Waals surface area contributed by atoms with Crippen LogP contribution in [0.5, 0.6) is 0 Å². The van der Waals surface area contributed by atoms with Crippen LogP contribution < -0.4 is 16.6 Å². The molecule has 3 atom stereocenters. The predicted molar refractivity (Wildman–Crippen MR) is 80.7 cm³/mol. The molecule has 1 saturated heterocycles. The van der Waals surface area contributed by atoms with E-state index >= 15 is 0 Å². The van der Waals surface area contributed by atoms with Crippen LogP contribution in [0.15, 0.2) is 9.59 Å². The predicted octanol–water partition coefficient (Wildman–Crippen LogP) is 0.181. The van der Waals surface area contributed by atoms with Gasteiger partial charge >= 0.3 is 5.69 Å². The highest BCUT2D eigenvalue weighted by molar-refractivity contribution is 5.53. The summed E-state index contributed by atoms with van der Waals surface area (Å²) in [5, 5.41) is 12.6. The van der Waals surface area contributed by atoms with Crippen LogP contribution in [0, 0.1) is 22.7 Å². The highest BCUT2D eigenvalue weighted by atomic mass is 16.5. The van der Waals surface area contributed by atoms with E-state index in [4.69, 9.17) is 4.74 Å². The Hall–Kier alpha value is -2.07. The van der Waals surface area contributed by atoms with E-state index in [2.05, 4.69) is 19.2 Å². The molecule has 0 unspecified atom stereocenters. The lowest BCUT2D eigenvalue weighted by atomic mass is 9.57. The monoisotopic (exact) mass is 304 g/mol. The minimum absolute atomic E-state index is 0.0252. The van der Waals surface area contributed by atoms with Crippen molar-refractivity contribution in [3.8, 4) is 6.07 Å². The molecule has 2 fully saturated rings. The summed E-state index contributed by atoms with van der Waals surface area (Å²) in [7, 11) is 2.95. The number of nitrogens with zero attached hydrogens (tertiary/aromatic N) is 3. The van der Waals surface area contributed by atoms with Gasteiger partial charge in [-0.1, -0.05) is 13.8 Å². The van der Waals surface area contributed by atoms with Gasteiger partial charge in [0.25, 0.3) is 5.56 Å². The molecule has 1 aliphatic carbocycles.